The Kier molecular flexibility index (Phi) is 7.29. The highest BCUT2D eigenvalue weighted by atomic mass is 79.9. The molecule has 1 aliphatic rings. The Balaban J connectivity index is 0.00000225. The summed E-state index contributed by atoms with van der Waals surface area (Å²) in [6, 6.07) is 0.939. The van der Waals surface area contributed by atoms with Crippen molar-refractivity contribution >= 4 is 28.3 Å². The molecule has 0 amide bonds. The molecule has 2 unspecified atom stereocenters. The van der Waals surface area contributed by atoms with Crippen LogP contribution in [0, 0.1) is 0 Å². The molecule has 0 bridgehead atoms. The topological polar surface area (TPSA) is 12.0 Å². The molecule has 1 nitrogen and oxygen atoms in total. The second-order valence-corrected chi connectivity index (χ2v) is 5.48. The fraction of sp³-hybridized carbons (Fsp3) is 0.538. The predicted octanol–water partition coefficient (Wildman–Crippen LogP) is 4.35. The summed E-state index contributed by atoms with van der Waals surface area (Å²) in [4.78, 5) is 0. The maximum atomic E-state index is 3.96. The van der Waals surface area contributed by atoms with Gasteiger partial charge in [0.1, 0.15) is 0 Å². The van der Waals surface area contributed by atoms with Gasteiger partial charge in [0.15, 0.2) is 0 Å². The predicted molar refractivity (Wildman–Crippen MR) is 78.4 cm³/mol. The van der Waals surface area contributed by atoms with Gasteiger partial charge in [-0.25, -0.2) is 0 Å². The van der Waals surface area contributed by atoms with Crippen molar-refractivity contribution < 1.29 is 0 Å². The van der Waals surface area contributed by atoms with Crippen LogP contribution in [0.3, 0.4) is 0 Å². The summed E-state index contributed by atoms with van der Waals surface area (Å²) >= 11 is 3.61. The van der Waals surface area contributed by atoms with E-state index in [1.807, 2.05) is 0 Å². The van der Waals surface area contributed by atoms with Gasteiger partial charge in [0.2, 0.25) is 0 Å². The molecule has 0 saturated carbocycles. The Morgan fingerprint density at radius 3 is 2.44 bits per heavy atom. The summed E-state index contributed by atoms with van der Waals surface area (Å²) in [6.07, 6.45) is 5.42. The van der Waals surface area contributed by atoms with Crippen LogP contribution in [0.25, 0.3) is 0 Å². The molecule has 3 heteroatoms. The summed E-state index contributed by atoms with van der Waals surface area (Å²) in [5, 5.41) is 3.63. The zero-order valence-electron chi connectivity index (χ0n) is 10.1. The SMILES string of the molecule is C=C(C)CC1CC=C(Br)C(CC(=C)C)N1.Cl. The molecule has 1 N–H and O–H groups in total. The molecule has 0 aromatic rings. The molecule has 0 fully saturated rings. The minimum Gasteiger partial charge on any atom is -0.306 e. The van der Waals surface area contributed by atoms with Gasteiger partial charge in [-0.3, -0.25) is 0 Å². The molecule has 16 heavy (non-hydrogen) atoms. The zero-order valence-corrected chi connectivity index (χ0v) is 12.5. The first-order valence-corrected chi connectivity index (χ1v) is 6.18. The van der Waals surface area contributed by atoms with Gasteiger partial charge in [-0.2, -0.15) is 0 Å². The van der Waals surface area contributed by atoms with E-state index in [-0.39, 0.29) is 12.4 Å². The van der Waals surface area contributed by atoms with Gasteiger partial charge in [0.25, 0.3) is 0 Å². The van der Waals surface area contributed by atoms with Crippen LogP contribution in [0.1, 0.15) is 33.1 Å². The van der Waals surface area contributed by atoms with E-state index in [2.05, 4.69) is 54.3 Å². The Bertz CT molecular complexity index is 296. The van der Waals surface area contributed by atoms with Crippen molar-refractivity contribution in [3.8, 4) is 0 Å². The van der Waals surface area contributed by atoms with Crippen molar-refractivity contribution in [2.24, 2.45) is 0 Å². The molecule has 0 radical (unpaired) electrons. The largest absolute Gasteiger partial charge is 0.306 e. The van der Waals surface area contributed by atoms with Gasteiger partial charge in [0, 0.05) is 16.6 Å². The lowest BCUT2D eigenvalue weighted by Crippen LogP contribution is -2.41. The van der Waals surface area contributed by atoms with Crippen LogP contribution < -0.4 is 5.32 Å². The molecule has 1 aliphatic heterocycles. The number of hydrogen-bond donors (Lipinski definition) is 1. The fourth-order valence-corrected chi connectivity index (χ4v) is 2.38. The number of halogens is 2. The van der Waals surface area contributed by atoms with Gasteiger partial charge in [-0.15, -0.1) is 25.6 Å². The van der Waals surface area contributed by atoms with E-state index in [1.54, 1.807) is 0 Å². The number of rotatable bonds is 4. The van der Waals surface area contributed by atoms with Crippen LogP contribution in [0.5, 0.6) is 0 Å². The Labute approximate surface area is 114 Å². The normalized spacial score (nSPS) is 24.3. The Morgan fingerprint density at radius 1 is 1.38 bits per heavy atom. The van der Waals surface area contributed by atoms with Crippen molar-refractivity contribution in [2.75, 3.05) is 0 Å². The molecule has 0 spiro atoms. The molecule has 0 aromatic carbocycles. The minimum absolute atomic E-state index is 0. The van der Waals surface area contributed by atoms with E-state index in [9.17, 15) is 0 Å². The maximum absolute atomic E-state index is 3.96. The lowest BCUT2D eigenvalue weighted by molar-refractivity contribution is 0.442. The smallest absolute Gasteiger partial charge is 0.0422 e. The van der Waals surface area contributed by atoms with Gasteiger partial charge < -0.3 is 5.32 Å². The van der Waals surface area contributed by atoms with Crippen LogP contribution >= 0.6 is 28.3 Å². The molecule has 92 valence electrons. The van der Waals surface area contributed by atoms with Crippen LogP contribution in [0.15, 0.2) is 34.9 Å². The highest BCUT2D eigenvalue weighted by molar-refractivity contribution is 9.11. The summed E-state index contributed by atoms with van der Waals surface area (Å²) in [5.74, 6) is 0. The molecule has 2 atom stereocenters. The molecule has 0 saturated heterocycles. The van der Waals surface area contributed by atoms with Crippen molar-refractivity contribution in [1.29, 1.82) is 0 Å². The first kappa shape index (κ1) is 16.0. The van der Waals surface area contributed by atoms with Gasteiger partial charge in [-0.05, 0) is 33.1 Å². The van der Waals surface area contributed by atoms with Crippen LogP contribution in [-0.4, -0.2) is 12.1 Å². The summed E-state index contributed by atoms with van der Waals surface area (Å²) < 4.78 is 1.27. The third kappa shape index (κ3) is 5.33. The van der Waals surface area contributed by atoms with Crippen molar-refractivity contribution in [2.45, 2.75) is 45.2 Å². The summed E-state index contributed by atoms with van der Waals surface area (Å²) in [5.41, 5.74) is 2.46. The number of hydrogen-bond acceptors (Lipinski definition) is 1. The second kappa shape index (κ2) is 7.31. The Hall–Kier alpha value is -0.0500. The standard InChI is InChI=1S/C13H20BrN.ClH/c1-9(2)7-11-5-6-12(14)13(15-11)8-10(3)4;/h6,11,13,15H,1,3,5,7-8H2,2,4H3;1H. The van der Waals surface area contributed by atoms with E-state index in [4.69, 9.17) is 0 Å². The average molecular weight is 307 g/mol. The molecular weight excluding hydrogens is 286 g/mol. The summed E-state index contributed by atoms with van der Waals surface area (Å²) in [6.45, 7) is 12.1. The van der Waals surface area contributed by atoms with E-state index in [1.165, 1.54) is 15.6 Å². The third-order valence-electron chi connectivity index (χ3n) is 2.51. The van der Waals surface area contributed by atoms with Crippen molar-refractivity contribution in [3.05, 3.63) is 34.9 Å². The molecule has 0 aliphatic carbocycles. The Morgan fingerprint density at radius 2 is 1.94 bits per heavy atom. The van der Waals surface area contributed by atoms with E-state index >= 15 is 0 Å². The molecular formula is C13H21BrClN. The monoisotopic (exact) mass is 305 g/mol. The van der Waals surface area contributed by atoms with Crippen LogP contribution in [-0.2, 0) is 0 Å². The second-order valence-electron chi connectivity index (χ2n) is 4.56. The third-order valence-corrected chi connectivity index (χ3v) is 3.39. The lowest BCUT2D eigenvalue weighted by Gasteiger charge is -2.30. The van der Waals surface area contributed by atoms with Crippen LogP contribution in [0.2, 0.25) is 0 Å². The van der Waals surface area contributed by atoms with Gasteiger partial charge >= 0.3 is 0 Å². The lowest BCUT2D eigenvalue weighted by atomic mass is 9.97. The minimum atomic E-state index is 0. The number of nitrogens with one attached hydrogen (secondary N) is 1. The maximum Gasteiger partial charge on any atom is 0.0422 e. The van der Waals surface area contributed by atoms with E-state index in [0.29, 0.717) is 12.1 Å². The molecule has 1 heterocycles. The fourth-order valence-electron chi connectivity index (χ4n) is 1.90. The van der Waals surface area contributed by atoms with Gasteiger partial charge in [0.05, 0.1) is 0 Å². The molecule has 1 rings (SSSR count). The van der Waals surface area contributed by atoms with Crippen molar-refractivity contribution in [1.82, 2.24) is 5.32 Å². The first-order valence-electron chi connectivity index (χ1n) is 5.39. The van der Waals surface area contributed by atoms with Crippen molar-refractivity contribution in [3.63, 3.8) is 0 Å². The summed E-state index contributed by atoms with van der Waals surface area (Å²) in [7, 11) is 0. The average Bonchev–Trinajstić information content (AvgIpc) is 2.09. The quantitative estimate of drug-likeness (QED) is 0.761. The van der Waals surface area contributed by atoms with Gasteiger partial charge in [-0.1, -0.05) is 33.2 Å². The van der Waals surface area contributed by atoms with E-state index in [0.717, 1.165) is 19.3 Å². The highest BCUT2D eigenvalue weighted by Gasteiger charge is 2.21. The zero-order chi connectivity index (χ0) is 11.4. The molecule has 0 aromatic heterocycles. The van der Waals surface area contributed by atoms with Crippen LogP contribution in [0.4, 0.5) is 0 Å². The highest BCUT2D eigenvalue weighted by Crippen LogP contribution is 2.25. The first-order chi connectivity index (χ1) is 6.99. The van der Waals surface area contributed by atoms with E-state index < -0.39 is 0 Å².